The van der Waals surface area contributed by atoms with Crippen LogP contribution in [0.2, 0.25) is 0 Å². The first-order valence-electron chi connectivity index (χ1n) is 6.91. The molecule has 0 saturated heterocycles. The van der Waals surface area contributed by atoms with E-state index in [0.717, 1.165) is 0 Å². The van der Waals surface area contributed by atoms with E-state index in [1.807, 2.05) is 0 Å². The fourth-order valence-electron chi connectivity index (χ4n) is 2.97. The molecule has 0 unspecified atom stereocenters. The average molecular weight is 342 g/mol. The molecule has 2 aliphatic rings. The van der Waals surface area contributed by atoms with Gasteiger partial charge in [-0.25, -0.2) is 4.79 Å². The van der Waals surface area contributed by atoms with Crippen molar-refractivity contribution in [3.63, 3.8) is 0 Å². The SMILES string of the molecule is O=C1O[C@@H]2[C@H](C=C1c1cccc([N+](=O)[O-])c1)C[C@H](Cl)C[C@@H]2Cl. The van der Waals surface area contributed by atoms with Crippen molar-refractivity contribution < 1.29 is 14.5 Å². The fourth-order valence-corrected chi connectivity index (χ4v) is 3.91. The Hall–Kier alpha value is -1.59. The monoisotopic (exact) mass is 341 g/mol. The number of fused-ring (bicyclic) bond motifs is 1. The van der Waals surface area contributed by atoms with E-state index in [0.29, 0.717) is 24.0 Å². The molecule has 1 saturated carbocycles. The van der Waals surface area contributed by atoms with Crippen LogP contribution in [0, 0.1) is 16.0 Å². The molecule has 0 bridgehead atoms. The Morgan fingerprint density at radius 3 is 2.77 bits per heavy atom. The zero-order valence-corrected chi connectivity index (χ0v) is 13.0. The van der Waals surface area contributed by atoms with Crippen molar-refractivity contribution >= 4 is 40.4 Å². The number of nitro groups is 1. The number of hydrogen-bond donors (Lipinski definition) is 0. The Morgan fingerprint density at radius 1 is 1.27 bits per heavy atom. The number of benzene rings is 1. The molecule has 116 valence electrons. The fraction of sp³-hybridized carbons (Fsp3) is 0.400. The van der Waals surface area contributed by atoms with Crippen molar-refractivity contribution in [2.45, 2.75) is 29.7 Å². The molecule has 1 fully saturated rings. The zero-order chi connectivity index (χ0) is 15.9. The predicted molar refractivity (Wildman–Crippen MR) is 83.0 cm³/mol. The van der Waals surface area contributed by atoms with E-state index in [1.54, 1.807) is 18.2 Å². The van der Waals surface area contributed by atoms with Gasteiger partial charge in [0, 0.05) is 23.4 Å². The van der Waals surface area contributed by atoms with E-state index >= 15 is 0 Å². The molecule has 0 aromatic heterocycles. The summed E-state index contributed by atoms with van der Waals surface area (Å²) in [5.74, 6) is -0.564. The summed E-state index contributed by atoms with van der Waals surface area (Å²) in [6.45, 7) is 0. The largest absolute Gasteiger partial charge is 0.457 e. The lowest BCUT2D eigenvalue weighted by molar-refractivity contribution is -0.384. The number of ether oxygens (including phenoxy) is 1. The first-order chi connectivity index (χ1) is 10.5. The smallest absolute Gasteiger partial charge is 0.338 e. The molecule has 0 N–H and O–H groups in total. The standard InChI is InChI=1S/C15H13Cl2NO4/c16-10-4-9-6-12(15(19)22-14(9)13(17)7-10)8-2-1-3-11(5-8)18(20)21/h1-3,5-6,9-10,13-14H,4,7H2/t9-,10-,13-,14+/m0/s1. The molecule has 5 nitrogen and oxygen atoms in total. The highest BCUT2D eigenvalue weighted by molar-refractivity contribution is 6.25. The number of hydrogen-bond acceptors (Lipinski definition) is 4. The van der Waals surface area contributed by atoms with Crippen molar-refractivity contribution in [2.24, 2.45) is 5.92 Å². The maximum atomic E-state index is 12.2. The van der Waals surface area contributed by atoms with Gasteiger partial charge in [-0.1, -0.05) is 18.2 Å². The molecule has 22 heavy (non-hydrogen) atoms. The van der Waals surface area contributed by atoms with E-state index in [-0.39, 0.29) is 28.5 Å². The van der Waals surface area contributed by atoms with Crippen LogP contribution in [0.3, 0.4) is 0 Å². The summed E-state index contributed by atoms with van der Waals surface area (Å²) in [4.78, 5) is 22.6. The number of carbonyl (C=O) groups is 1. The van der Waals surface area contributed by atoms with Crippen molar-refractivity contribution in [3.05, 3.63) is 46.0 Å². The van der Waals surface area contributed by atoms with Crippen LogP contribution in [-0.4, -0.2) is 27.8 Å². The maximum Gasteiger partial charge on any atom is 0.338 e. The van der Waals surface area contributed by atoms with Gasteiger partial charge < -0.3 is 4.74 Å². The van der Waals surface area contributed by atoms with Crippen LogP contribution in [-0.2, 0) is 9.53 Å². The number of nitrogens with zero attached hydrogens (tertiary/aromatic N) is 1. The van der Waals surface area contributed by atoms with Crippen molar-refractivity contribution in [1.82, 2.24) is 0 Å². The van der Waals surface area contributed by atoms with Crippen LogP contribution in [0.4, 0.5) is 5.69 Å². The van der Waals surface area contributed by atoms with Gasteiger partial charge in [-0.05, 0) is 18.4 Å². The second kappa shape index (κ2) is 5.89. The van der Waals surface area contributed by atoms with Crippen LogP contribution < -0.4 is 0 Å². The van der Waals surface area contributed by atoms with Gasteiger partial charge in [0.15, 0.2) is 0 Å². The molecule has 4 atom stereocenters. The predicted octanol–water partition coefficient (Wildman–Crippen LogP) is 3.53. The lowest BCUT2D eigenvalue weighted by Gasteiger charge is -2.38. The molecule has 7 heteroatoms. The summed E-state index contributed by atoms with van der Waals surface area (Å²) < 4.78 is 5.45. The molecule has 0 amide bonds. The molecule has 1 aliphatic carbocycles. The second-order valence-electron chi connectivity index (χ2n) is 5.51. The van der Waals surface area contributed by atoms with Crippen molar-refractivity contribution in [3.8, 4) is 0 Å². The minimum absolute atomic E-state index is 0.0642. The summed E-state index contributed by atoms with van der Waals surface area (Å²) in [7, 11) is 0. The van der Waals surface area contributed by atoms with Gasteiger partial charge in [-0.15, -0.1) is 23.2 Å². The summed E-state index contributed by atoms with van der Waals surface area (Å²) >= 11 is 12.4. The first-order valence-corrected chi connectivity index (χ1v) is 7.79. The highest BCUT2D eigenvalue weighted by atomic mass is 35.5. The number of non-ortho nitro benzene ring substituents is 1. The molecule has 0 spiro atoms. The van der Waals surface area contributed by atoms with Gasteiger partial charge in [0.25, 0.3) is 5.69 Å². The number of alkyl halides is 2. The minimum Gasteiger partial charge on any atom is -0.457 e. The summed E-state index contributed by atoms with van der Waals surface area (Å²) in [6.07, 6.45) is 2.67. The normalized spacial score (nSPS) is 31.0. The molecule has 1 aromatic rings. The van der Waals surface area contributed by atoms with Gasteiger partial charge >= 0.3 is 5.97 Å². The Labute approximate surface area is 137 Å². The number of halogens is 2. The van der Waals surface area contributed by atoms with Gasteiger partial charge in [-0.3, -0.25) is 10.1 Å². The maximum absolute atomic E-state index is 12.2. The van der Waals surface area contributed by atoms with Crippen molar-refractivity contribution in [2.75, 3.05) is 0 Å². The van der Waals surface area contributed by atoms with E-state index in [4.69, 9.17) is 27.9 Å². The number of esters is 1. The van der Waals surface area contributed by atoms with E-state index in [9.17, 15) is 14.9 Å². The third-order valence-electron chi connectivity index (χ3n) is 4.00. The molecule has 1 aromatic carbocycles. The van der Waals surface area contributed by atoms with E-state index in [2.05, 4.69) is 0 Å². The molecule has 3 rings (SSSR count). The summed E-state index contributed by atoms with van der Waals surface area (Å²) in [5, 5.41) is 10.5. The van der Waals surface area contributed by atoms with E-state index < -0.39 is 10.9 Å². The Kier molecular flexibility index (Phi) is 4.10. The highest BCUT2D eigenvalue weighted by Gasteiger charge is 2.41. The van der Waals surface area contributed by atoms with Gasteiger partial charge in [0.05, 0.1) is 15.9 Å². The Morgan fingerprint density at radius 2 is 2.05 bits per heavy atom. The lowest BCUT2D eigenvalue weighted by Crippen LogP contribution is -2.43. The van der Waals surface area contributed by atoms with Crippen LogP contribution in [0.25, 0.3) is 5.57 Å². The minimum atomic E-state index is -0.500. The number of carbonyl (C=O) groups excluding carboxylic acids is 1. The lowest BCUT2D eigenvalue weighted by atomic mass is 9.82. The van der Waals surface area contributed by atoms with Crippen molar-refractivity contribution in [1.29, 1.82) is 0 Å². The third kappa shape index (κ3) is 2.83. The molecule has 1 aliphatic heterocycles. The van der Waals surface area contributed by atoms with E-state index in [1.165, 1.54) is 12.1 Å². The number of rotatable bonds is 2. The van der Waals surface area contributed by atoms with Gasteiger partial charge in [0.1, 0.15) is 6.10 Å². The quantitative estimate of drug-likeness (QED) is 0.357. The first kappa shape index (κ1) is 15.3. The third-order valence-corrected chi connectivity index (χ3v) is 4.78. The summed E-state index contributed by atoms with van der Waals surface area (Å²) in [5.41, 5.74) is 0.738. The molecule has 1 heterocycles. The number of nitro benzene ring substituents is 1. The van der Waals surface area contributed by atoms with Crippen LogP contribution >= 0.6 is 23.2 Å². The Bertz CT molecular complexity index is 661. The molecular weight excluding hydrogens is 329 g/mol. The Balaban J connectivity index is 1.96. The average Bonchev–Trinajstić information content (AvgIpc) is 2.47. The molecule has 0 radical (unpaired) electrons. The highest BCUT2D eigenvalue weighted by Crippen LogP contribution is 2.39. The molecular formula is C15H13Cl2NO4. The van der Waals surface area contributed by atoms with Crippen LogP contribution in [0.15, 0.2) is 30.3 Å². The van der Waals surface area contributed by atoms with Gasteiger partial charge in [0.2, 0.25) is 0 Å². The van der Waals surface area contributed by atoms with Crippen LogP contribution in [0.1, 0.15) is 18.4 Å². The van der Waals surface area contributed by atoms with Crippen LogP contribution in [0.5, 0.6) is 0 Å². The second-order valence-corrected chi connectivity index (χ2v) is 6.68. The zero-order valence-electron chi connectivity index (χ0n) is 11.4. The van der Waals surface area contributed by atoms with Gasteiger partial charge in [-0.2, -0.15) is 0 Å². The summed E-state index contributed by atoms with van der Waals surface area (Å²) in [6, 6.07) is 5.95. The topological polar surface area (TPSA) is 69.4 Å².